The fourth-order valence-electron chi connectivity index (χ4n) is 2.63. The molecule has 2 aliphatic heterocycles. The fraction of sp³-hybridized carbons (Fsp3) is 0.111. The molecular weight excluding hydrogens is 344 g/mol. The maximum atomic E-state index is 11.5. The average molecular weight is 354 g/mol. The van der Waals surface area contributed by atoms with E-state index in [-0.39, 0.29) is 35.5 Å². The maximum Gasteiger partial charge on any atom is 0.347 e. The summed E-state index contributed by atoms with van der Waals surface area (Å²) in [4.78, 5) is 45.7. The van der Waals surface area contributed by atoms with Crippen molar-refractivity contribution in [1.82, 2.24) is 0 Å². The fourth-order valence-corrected chi connectivity index (χ4v) is 2.63. The first-order valence-electron chi connectivity index (χ1n) is 7.59. The topological polar surface area (TPSA) is 105 Å². The Hall–Kier alpha value is -3.68. The number of carbonyl (C=O) groups is 4. The van der Waals surface area contributed by atoms with Crippen LogP contribution in [0.15, 0.2) is 36.4 Å². The Kier molecular flexibility index (Phi) is 3.65. The lowest BCUT2D eigenvalue weighted by molar-refractivity contribution is 0.0425. The zero-order valence-corrected chi connectivity index (χ0v) is 13.1. The van der Waals surface area contributed by atoms with E-state index < -0.39 is 23.9 Å². The van der Waals surface area contributed by atoms with Crippen molar-refractivity contribution in [3.05, 3.63) is 58.7 Å². The third-order valence-corrected chi connectivity index (χ3v) is 3.85. The van der Waals surface area contributed by atoms with Crippen molar-refractivity contribution in [3.63, 3.8) is 0 Å². The molecule has 0 N–H and O–H groups in total. The molecule has 0 radical (unpaired) electrons. The second kappa shape index (κ2) is 5.99. The average Bonchev–Trinajstić information content (AvgIpc) is 3.07. The lowest BCUT2D eigenvalue weighted by Crippen LogP contribution is -2.09. The Bertz CT molecular complexity index is 896. The highest BCUT2D eigenvalue weighted by molar-refractivity contribution is 6.15. The monoisotopic (exact) mass is 354 g/mol. The van der Waals surface area contributed by atoms with Gasteiger partial charge in [0.05, 0.1) is 22.3 Å². The predicted molar refractivity (Wildman–Crippen MR) is 83.4 cm³/mol. The summed E-state index contributed by atoms with van der Waals surface area (Å²) in [6.07, 6.45) is 0. The number of benzene rings is 2. The van der Waals surface area contributed by atoms with Crippen LogP contribution in [0.1, 0.15) is 41.4 Å². The van der Waals surface area contributed by atoms with Crippen LogP contribution >= 0.6 is 0 Å². The molecule has 0 saturated carbocycles. The highest BCUT2D eigenvalue weighted by Crippen LogP contribution is 2.26. The standard InChI is InChI=1S/C18H10O8/c19-15-11-3-1-9(7-13(11)17(21)25-15)23-5-6-24-10-2-4-12-14(8-10)18(22)26-16(12)20/h1-4,7-8H,5-6H2. The van der Waals surface area contributed by atoms with Gasteiger partial charge in [-0.25, -0.2) is 19.2 Å². The van der Waals surface area contributed by atoms with Crippen molar-refractivity contribution < 1.29 is 38.1 Å². The van der Waals surface area contributed by atoms with Crippen LogP contribution in [-0.2, 0) is 9.47 Å². The van der Waals surface area contributed by atoms with Gasteiger partial charge in [0.2, 0.25) is 0 Å². The minimum Gasteiger partial charge on any atom is -0.490 e. The van der Waals surface area contributed by atoms with E-state index in [1.807, 2.05) is 0 Å². The molecule has 2 heterocycles. The van der Waals surface area contributed by atoms with Gasteiger partial charge in [-0.1, -0.05) is 0 Å². The minimum absolute atomic E-state index is 0.155. The van der Waals surface area contributed by atoms with Crippen molar-refractivity contribution in [1.29, 1.82) is 0 Å². The summed E-state index contributed by atoms with van der Waals surface area (Å²) in [7, 11) is 0. The van der Waals surface area contributed by atoms with E-state index >= 15 is 0 Å². The normalized spacial score (nSPS) is 14.6. The summed E-state index contributed by atoms with van der Waals surface area (Å²) in [6.45, 7) is 0.310. The van der Waals surface area contributed by atoms with Gasteiger partial charge in [-0.15, -0.1) is 0 Å². The predicted octanol–water partition coefficient (Wildman–Crippen LogP) is 1.77. The minimum atomic E-state index is -0.703. The molecule has 8 nitrogen and oxygen atoms in total. The third-order valence-electron chi connectivity index (χ3n) is 3.85. The molecule has 0 fully saturated rings. The molecule has 0 atom stereocenters. The number of hydrogen-bond donors (Lipinski definition) is 0. The second-order valence-corrected chi connectivity index (χ2v) is 5.47. The lowest BCUT2D eigenvalue weighted by atomic mass is 10.1. The largest absolute Gasteiger partial charge is 0.490 e. The Morgan fingerprint density at radius 3 is 1.38 bits per heavy atom. The highest BCUT2D eigenvalue weighted by atomic mass is 16.6. The van der Waals surface area contributed by atoms with Crippen LogP contribution in [0.4, 0.5) is 0 Å². The number of rotatable bonds is 5. The van der Waals surface area contributed by atoms with Crippen LogP contribution in [0.25, 0.3) is 0 Å². The van der Waals surface area contributed by atoms with Crippen molar-refractivity contribution in [2.24, 2.45) is 0 Å². The van der Waals surface area contributed by atoms with Gasteiger partial charge in [0.15, 0.2) is 0 Å². The Labute approximate surface area is 146 Å². The van der Waals surface area contributed by atoms with Crippen molar-refractivity contribution in [2.45, 2.75) is 0 Å². The first kappa shape index (κ1) is 15.8. The zero-order chi connectivity index (χ0) is 18.3. The van der Waals surface area contributed by atoms with E-state index in [4.69, 9.17) is 9.47 Å². The number of fused-ring (bicyclic) bond motifs is 2. The molecule has 26 heavy (non-hydrogen) atoms. The van der Waals surface area contributed by atoms with Gasteiger partial charge in [0.1, 0.15) is 24.7 Å². The van der Waals surface area contributed by atoms with Crippen molar-refractivity contribution >= 4 is 23.9 Å². The van der Waals surface area contributed by atoms with Crippen LogP contribution in [0.3, 0.4) is 0 Å². The molecule has 0 unspecified atom stereocenters. The van der Waals surface area contributed by atoms with Crippen LogP contribution in [0.2, 0.25) is 0 Å². The summed E-state index contributed by atoms with van der Waals surface area (Å²) in [6, 6.07) is 8.88. The zero-order valence-electron chi connectivity index (χ0n) is 13.1. The molecular formula is C18H10O8. The van der Waals surface area contributed by atoms with E-state index in [0.29, 0.717) is 11.5 Å². The molecule has 0 spiro atoms. The number of esters is 4. The molecule has 0 amide bonds. The molecule has 0 aliphatic carbocycles. The van der Waals surface area contributed by atoms with Gasteiger partial charge in [-0.2, -0.15) is 0 Å². The molecule has 4 rings (SSSR count). The van der Waals surface area contributed by atoms with E-state index in [2.05, 4.69) is 9.47 Å². The first-order chi connectivity index (χ1) is 12.5. The molecule has 2 aromatic carbocycles. The van der Waals surface area contributed by atoms with Gasteiger partial charge >= 0.3 is 23.9 Å². The summed E-state index contributed by atoms with van der Waals surface area (Å²) in [5.41, 5.74) is 0.738. The Morgan fingerprint density at radius 2 is 0.962 bits per heavy atom. The van der Waals surface area contributed by atoms with Gasteiger partial charge in [0.25, 0.3) is 0 Å². The molecule has 0 aromatic heterocycles. The summed E-state index contributed by atoms with van der Waals surface area (Å²) >= 11 is 0. The van der Waals surface area contributed by atoms with Crippen LogP contribution < -0.4 is 9.47 Å². The summed E-state index contributed by atoms with van der Waals surface area (Å²) in [5.74, 6) is -1.97. The van der Waals surface area contributed by atoms with E-state index in [1.54, 1.807) is 12.1 Å². The van der Waals surface area contributed by atoms with Gasteiger partial charge in [-0.3, -0.25) is 0 Å². The molecule has 2 aliphatic rings. The Morgan fingerprint density at radius 1 is 0.577 bits per heavy atom. The summed E-state index contributed by atoms with van der Waals surface area (Å²) in [5, 5.41) is 0. The number of cyclic esters (lactones) is 4. The first-order valence-corrected chi connectivity index (χ1v) is 7.59. The lowest BCUT2D eigenvalue weighted by Gasteiger charge is -2.09. The van der Waals surface area contributed by atoms with Crippen LogP contribution in [0, 0.1) is 0 Å². The quantitative estimate of drug-likeness (QED) is 0.454. The molecule has 0 bridgehead atoms. The van der Waals surface area contributed by atoms with Crippen molar-refractivity contribution in [2.75, 3.05) is 13.2 Å². The SMILES string of the molecule is O=C1OC(=O)c2cc(OCCOc3ccc4c(c3)C(=O)OC4=O)ccc21. The van der Waals surface area contributed by atoms with Crippen LogP contribution in [-0.4, -0.2) is 37.1 Å². The summed E-state index contributed by atoms with van der Waals surface area (Å²) < 4.78 is 20.0. The second-order valence-electron chi connectivity index (χ2n) is 5.47. The molecule has 2 aromatic rings. The van der Waals surface area contributed by atoms with E-state index in [9.17, 15) is 19.2 Å². The number of ether oxygens (including phenoxy) is 4. The van der Waals surface area contributed by atoms with Crippen LogP contribution in [0.5, 0.6) is 11.5 Å². The van der Waals surface area contributed by atoms with Gasteiger partial charge < -0.3 is 18.9 Å². The van der Waals surface area contributed by atoms with Gasteiger partial charge in [-0.05, 0) is 36.4 Å². The smallest absolute Gasteiger partial charge is 0.347 e. The molecule has 0 saturated heterocycles. The van der Waals surface area contributed by atoms with E-state index in [1.165, 1.54) is 24.3 Å². The van der Waals surface area contributed by atoms with Crippen molar-refractivity contribution in [3.8, 4) is 11.5 Å². The number of carbonyl (C=O) groups excluding carboxylic acids is 4. The highest BCUT2D eigenvalue weighted by Gasteiger charge is 2.30. The van der Waals surface area contributed by atoms with Gasteiger partial charge in [0, 0.05) is 0 Å². The third kappa shape index (κ3) is 2.67. The molecule has 130 valence electrons. The molecule has 8 heteroatoms. The maximum absolute atomic E-state index is 11.5. The number of hydrogen-bond acceptors (Lipinski definition) is 8. The Balaban J connectivity index is 1.35. The van der Waals surface area contributed by atoms with E-state index in [0.717, 1.165) is 0 Å².